The third-order valence-corrected chi connectivity index (χ3v) is 5.78. The zero-order chi connectivity index (χ0) is 21.7. The van der Waals surface area contributed by atoms with Crippen LogP contribution in [0.2, 0.25) is 0 Å². The third kappa shape index (κ3) is 5.58. The van der Waals surface area contributed by atoms with Crippen molar-refractivity contribution in [2.45, 2.75) is 64.1 Å². The van der Waals surface area contributed by atoms with Crippen molar-refractivity contribution in [3.8, 4) is 0 Å². The van der Waals surface area contributed by atoms with E-state index in [0.29, 0.717) is 24.9 Å². The van der Waals surface area contributed by atoms with E-state index in [1.165, 1.54) is 0 Å². The van der Waals surface area contributed by atoms with Gasteiger partial charge in [-0.25, -0.2) is 4.79 Å². The Morgan fingerprint density at radius 3 is 2.50 bits per heavy atom. The van der Waals surface area contributed by atoms with Crippen LogP contribution in [0.3, 0.4) is 0 Å². The van der Waals surface area contributed by atoms with Crippen molar-refractivity contribution in [1.82, 2.24) is 26.0 Å². The molecule has 2 aliphatic heterocycles. The lowest BCUT2D eigenvalue weighted by Crippen LogP contribution is -2.53. The topological polar surface area (TPSA) is 93.8 Å². The molecule has 2 heterocycles. The fourth-order valence-corrected chi connectivity index (χ4v) is 4.09. The third-order valence-electron chi connectivity index (χ3n) is 5.78. The first kappa shape index (κ1) is 22.2. The molecule has 2 saturated heterocycles. The van der Waals surface area contributed by atoms with Crippen LogP contribution in [0.25, 0.3) is 0 Å². The van der Waals surface area contributed by atoms with Crippen molar-refractivity contribution in [1.29, 1.82) is 0 Å². The number of urea groups is 1. The maximum absolute atomic E-state index is 12.8. The van der Waals surface area contributed by atoms with E-state index in [0.717, 1.165) is 36.5 Å². The van der Waals surface area contributed by atoms with Gasteiger partial charge >= 0.3 is 6.03 Å². The van der Waals surface area contributed by atoms with E-state index in [4.69, 9.17) is 0 Å². The Morgan fingerprint density at radius 1 is 1.20 bits per heavy atom. The molecule has 8 heteroatoms. The fourth-order valence-electron chi connectivity index (χ4n) is 4.09. The average Bonchev–Trinajstić information content (AvgIpc) is 2.92. The molecular formula is C22H33N5O3. The van der Waals surface area contributed by atoms with Crippen LogP contribution in [-0.4, -0.2) is 65.0 Å². The molecule has 1 atom stereocenters. The van der Waals surface area contributed by atoms with Crippen LogP contribution in [0.1, 0.15) is 45.6 Å². The number of rotatable bonds is 8. The molecule has 1 aromatic carbocycles. The highest BCUT2D eigenvalue weighted by Gasteiger charge is 2.48. The number of benzene rings is 1. The molecule has 4 amide bonds. The number of hydrogen-bond acceptors (Lipinski definition) is 5. The standard InChI is InChI=1S/C22H33N5O3/c1-16(2)23-18-10-13-26(14-11-18)15-19(28)25-27-20(29)22(3,24-21(27)30)12-9-17-7-5-4-6-8-17/h4-8,16,18,23H,9-15H2,1-3H3,(H,24,30)(H,25,28). The summed E-state index contributed by atoms with van der Waals surface area (Å²) in [6.45, 7) is 7.76. The lowest BCUT2D eigenvalue weighted by atomic mass is 9.93. The lowest BCUT2D eigenvalue weighted by molar-refractivity contribution is -0.139. The van der Waals surface area contributed by atoms with Crippen molar-refractivity contribution in [3.05, 3.63) is 35.9 Å². The number of hydrogen-bond donors (Lipinski definition) is 3. The summed E-state index contributed by atoms with van der Waals surface area (Å²) in [5, 5.41) is 7.09. The summed E-state index contributed by atoms with van der Waals surface area (Å²) in [7, 11) is 0. The molecule has 1 aromatic rings. The molecule has 3 N–H and O–H groups in total. The van der Waals surface area contributed by atoms with Gasteiger partial charge in [0.15, 0.2) is 0 Å². The number of likely N-dealkylation sites (tertiary alicyclic amines) is 1. The normalized spacial score (nSPS) is 23.1. The molecule has 30 heavy (non-hydrogen) atoms. The summed E-state index contributed by atoms with van der Waals surface area (Å²) in [5.74, 6) is -0.766. The van der Waals surface area contributed by atoms with E-state index in [9.17, 15) is 14.4 Å². The highest BCUT2D eigenvalue weighted by Crippen LogP contribution is 2.22. The number of piperidine rings is 1. The Kier molecular flexibility index (Phi) is 7.10. The predicted molar refractivity (Wildman–Crippen MR) is 114 cm³/mol. The molecule has 0 saturated carbocycles. The van der Waals surface area contributed by atoms with Gasteiger partial charge in [0.25, 0.3) is 11.8 Å². The van der Waals surface area contributed by atoms with E-state index < -0.39 is 17.5 Å². The van der Waals surface area contributed by atoms with Crippen molar-refractivity contribution in [3.63, 3.8) is 0 Å². The Balaban J connectivity index is 1.48. The number of nitrogens with zero attached hydrogens (tertiary/aromatic N) is 2. The molecule has 0 bridgehead atoms. The summed E-state index contributed by atoms with van der Waals surface area (Å²) >= 11 is 0. The zero-order valence-electron chi connectivity index (χ0n) is 18.1. The number of amides is 4. The van der Waals surface area contributed by atoms with Crippen molar-refractivity contribution in [2.24, 2.45) is 0 Å². The molecule has 1 unspecified atom stereocenters. The Labute approximate surface area is 178 Å². The van der Waals surface area contributed by atoms with Gasteiger partial charge in [-0.05, 0) is 38.2 Å². The van der Waals surface area contributed by atoms with Crippen LogP contribution in [0.5, 0.6) is 0 Å². The number of carbonyl (C=O) groups excluding carboxylic acids is 3. The van der Waals surface area contributed by atoms with Gasteiger partial charge in [-0.15, -0.1) is 0 Å². The van der Waals surface area contributed by atoms with Crippen LogP contribution < -0.4 is 16.1 Å². The zero-order valence-corrected chi connectivity index (χ0v) is 18.1. The number of nitrogens with one attached hydrogen (secondary N) is 3. The Bertz CT molecular complexity index is 761. The molecule has 0 aliphatic carbocycles. The smallest absolute Gasteiger partial charge is 0.322 e. The van der Waals surface area contributed by atoms with E-state index in [2.05, 4.69) is 34.8 Å². The van der Waals surface area contributed by atoms with E-state index in [1.54, 1.807) is 6.92 Å². The summed E-state index contributed by atoms with van der Waals surface area (Å²) in [5.41, 5.74) is 2.57. The minimum absolute atomic E-state index is 0.173. The van der Waals surface area contributed by atoms with Crippen molar-refractivity contribution >= 4 is 17.8 Å². The first-order valence-corrected chi connectivity index (χ1v) is 10.8. The van der Waals surface area contributed by atoms with Crippen molar-refractivity contribution in [2.75, 3.05) is 19.6 Å². The van der Waals surface area contributed by atoms with E-state index in [1.807, 2.05) is 30.3 Å². The molecule has 3 rings (SSSR count). The highest BCUT2D eigenvalue weighted by atomic mass is 16.2. The predicted octanol–water partition coefficient (Wildman–Crippen LogP) is 1.42. The van der Waals surface area contributed by atoms with Crippen LogP contribution >= 0.6 is 0 Å². The SMILES string of the molecule is CC(C)NC1CCN(CC(=O)NN2C(=O)NC(C)(CCc3ccccc3)C2=O)CC1. The molecule has 2 aliphatic rings. The maximum Gasteiger partial charge on any atom is 0.344 e. The van der Waals surface area contributed by atoms with E-state index in [-0.39, 0.29) is 12.5 Å². The van der Waals surface area contributed by atoms with Crippen LogP contribution in [-0.2, 0) is 16.0 Å². The van der Waals surface area contributed by atoms with Gasteiger partial charge in [-0.1, -0.05) is 44.2 Å². The minimum atomic E-state index is -1.03. The summed E-state index contributed by atoms with van der Waals surface area (Å²) in [6.07, 6.45) is 3.08. The van der Waals surface area contributed by atoms with Gasteiger partial charge in [-0.3, -0.25) is 19.9 Å². The Hall–Kier alpha value is -2.45. The van der Waals surface area contributed by atoms with Crippen LogP contribution in [0.15, 0.2) is 30.3 Å². The highest BCUT2D eigenvalue weighted by molar-refractivity contribution is 6.07. The molecule has 0 radical (unpaired) electrons. The second kappa shape index (κ2) is 9.57. The van der Waals surface area contributed by atoms with Gasteiger partial charge in [0.05, 0.1) is 6.54 Å². The molecule has 0 aromatic heterocycles. The second-order valence-corrected chi connectivity index (χ2v) is 8.80. The quantitative estimate of drug-likeness (QED) is 0.559. The van der Waals surface area contributed by atoms with Crippen LogP contribution in [0.4, 0.5) is 4.79 Å². The lowest BCUT2D eigenvalue weighted by Gasteiger charge is -2.33. The molecular weight excluding hydrogens is 382 g/mol. The number of aryl methyl sites for hydroxylation is 1. The van der Waals surface area contributed by atoms with Gasteiger partial charge in [0.1, 0.15) is 5.54 Å². The minimum Gasteiger partial charge on any atom is -0.322 e. The average molecular weight is 416 g/mol. The first-order valence-electron chi connectivity index (χ1n) is 10.8. The summed E-state index contributed by atoms with van der Waals surface area (Å²) < 4.78 is 0. The van der Waals surface area contributed by atoms with Crippen LogP contribution in [0, 0.1) is 0 Å². The maximum atomic E-state index is 12.8. The second-order valence-electron chi connectivity index (χ2n) is 8.80. The number of imide groups is 1. The van der Waals surface area contributed by atoms with Gasteiger partial charge < -0.3 is 10.6 Å². The van der Waals surface area contributed by atoms with Crippen molar-refractivity contribution < 1.29 is 14.4 Å². The van der Waals surface area contributed by atoms with Gasteiger partial charge in [0, 0.05) is 25.2 Å². The Morgan fingerprint density at radius 2 is 1.87 bits per heavy atom. The number of carbonyl (C=O) groups is 3. The van der Waals surface area contributed by atoms with E-state index >= 15 is 0 Å². The largest absolute Gasteiger partial charge is 0.344 e. The number of hydrazine groups is 1. The van der Waals surface area contributed by atoms with Gasteiger partial charge in [0.2, 0.25) is 0 Å². The summed E-state index contributed by atoms with van der Waals surface area (Å²) in [4.78, 5) is 39.7. The summed E-state index contributed by atoms with van der Waals surface area (Å²) in [6, 6.07) is 10.1. The fraction of sp³-hybridized carbons (Fsp3) is 0.591. The van der Waals surface area contributed by atoms with Gasteiger partial charge in [-0.2, -0.15) is 5.01 Å². The molecule has 8 nitrogen and oxygen atoms in total. The molecule has 2 fully saturated rings. The molecule has 0 spiro atoms. The monoisotopic (exact) mass is 415 g/mol. The molecule has 164 valence electrons. The first-order chi connectivity index (χ1) is 14.3.